The number of piperidine rings is 1. The summed E-state index contributed by atoms with van der Waals surface area (Å²) in [5.74, 6) is 0.665. The molecule has 1 fully saturated rings. The first-order chi connectivity index (χ1) is 8.49. The predicted octanol–water partition coefficient (Wildman–Crippen LogP) is 3.47. The average Bonchev–Trinajstić information content (AvgIpc) is 2.67. The molecule has 6 heteroatoms. The van der Waals surface area contributed by atoms with E-state index in [0.717, 1.165) is 39.1 Å². The highest BCUT2D eigenvalue weighted by molar-refractivity contribution is 9.12. The molecule has 1 saturated heterocycles. The summed E-state index contributed by atoms with van der Waals surface area (Å²) < 4.78 is 1.87. The molecular weight excluding hydrogens is 380 g/mol. The second kappa shape index (κ2) is 6.03. The van der Waals surface area contributed by atoms with Gasteiger partial charge in [-0.2, -0.15) is 0 Å². The summed E-state index contributed by atoms with van der Waals surface area (Å²) in [6.07, 6.45) is 2.01. The van der Waals surface area contributed by atoms with Crippen molar-refractivity contribution in [2.24, 2.45) is 11.7 Å². The van der Waals surface area contributed by atoms with Gasteiger partial charge in [0.1, 0.15) is 0 Å². The summed E-state index contributed by atoms with van der Waals surface area (Å²) in [5, 5.41) is 0. The lowest BCUT2D eigenvalue weighted by Gasteiger charge is -2.33. The van der Waals surface area contributed by atoms with Crippen molar-refractivity contribution in [2.45, 2.75) is 25.8 Å². The van der Waals surface area contributed by atoms with Crippen LogP contribution in [-0.2, 0) is 0 Å². The molecule has 1 amide bonds. The third-order valence-electron chi connectivity index (χ3n) is 3.46. The molecule has 0 bridgehead atoms. The third kappa shape index (κ3) is 3.15. The Morgan fingerprint density at radius 1 is 1.50 bits per heavy atom. The van der Waals surface area contributed by atoms with Crippen molar-refractivity contribution in [2.75, 3.05) is 13.1 Å². The minimum absolute atomic E-state index is 0.118. The molecule has 1 aromatic heterocycles. The normalized spacial score (nSPS) is 19.0. The number of thiophene rings is 1. The van der Waals surface area contributed by atoms with Gasteiger partial charge in [-0.25, -0.2) is 0 Å². The Bertz CT molecular complexity index is 439. The topological polar surface area (TPSA) is 46.3 Å². The van der Waals surface area contributed by atoms with Gasteiger partial charge in [0.25, 0.3) is 5.91 Å². The molecule has 0 aliphatic carbocycles. The zero-order valence-corrected chi connectivity index (χ0v) is 14.1. The van der Waals surface area contributed by atoms with Crippen molar-refractivity contribution in [3.63, 3.8) is 0 Å². The Morgan fingerprint density at radius 3 is 2.56 bits per heavy atom. The monoisotopic (exact) mass is 394 g/mol. The smallest absolute Gasteiger partial charge is 0.255 e. The highest BCUT2D eigenvalue weighted by Crippen LogP contribution is 2.33. The Kier molecular flexibility index (Phi) is 4.86. The summed E-state index contributed by atoms with van der Waals surface area (Å²) in [6.45, 7) is 3.67. The lowest BCUT2D eigenvalue weighted by Crippen LogP contribution is -2.42. The number of nitrogens with zero attached hydrogens (tertiary/aromatic N) is 1. The first-order valence-electron chi connectivity index (χ1n) is 5.98. The molecule has 1 atom stereocenters. The molecule has 100 valence electrons. The second-order valence-corrected chi connectivity index (χ2v) is 8.48. The van der Waals surface area contributed by atoms with Gasteiger partial charge < -0.3 is 10.6 Å². The Hall–Kier alpha value is 0.0900. The van der Waals surface area contributed by atoms with Crippen molar-refractivity contribution in [3.8, 4) is 0 Å². The summed E-state index contributed by atoms with van der Waals surface area (Å²) in [6, 6.07) is 2.11. The maximum absolute atomic E-state index is 12.4. The van der Waals surface area contributed by atoms with Gasteiger partial charge in [0.05, 0.1) is 13.1 Å². The van der Waals surface area contributed by atoms with E-state index in [9.17, 15) is 4.79 Å². The molecule has 2 rings (SSSR count). The fourth-order valence-corrected chi connectivity index (χ4v) is 5.06. The van der Waals surface area contributed by atoms with Gasteiger partial charge >= 0.3 is 0 Å². The molecule has 1 aromatic rings. The van der Waals surface area contributed by atoms with Crippen LogP contribution in [0.15, 0.2) is 13.6 Å². The van der Waals surface area contributed by atoms with Crippen LogP contribution in [0.5, 0.6) is 0 Å². The first-order valence-corrected chi connectivity index (χ1v) is 8.39. The number of carbonyl (C=O) groups is 1. The highest BCUT2D eigenvalue weighted by Gasteiger charge is 2.27. The van der Waals surface area contributed by atoms with Crippen LogP contribution in [0.25, 0.3) is 0 Å². The minimum atomic E-state index is 0.118. The standard InChI is InChI=1S/C12H16Br2N2OS/c1-7(15)8-2-4-16(5-3-8)12(17)9-6-10(13)18-11(9)14/h6-8H,2-5,15H2,1H3. The fourth-order valence-electron chi connectivity index (χ4n) is 2.28. The number of hydrogen-bond acceptors (Lipinski definition) is 3. The number of rotatable bonds is 2. The van der Waals surface area contributed by atoms with Crippen molar-refractivity contribution >= 4 is 49.1 Å². The SMILES string of the molecule is CC(N)C1CCN(C(=O)c2cc(Br)sc2Br)CC1. The van der Waals surface area contributed by atoms with Crippen LogP contribution in [0.3, 0.4) is 0 Å². The third-order valence-corrected chi connectivity index (χ3v) is 5.80. The number of nitrogens with two attached hydrogens (primary N) is 1. The van der Waals surface area contributed by atoms with Gasteiger partial charge in [0, 0.05) is 19.1 Å². The van der Waals surface area contributed by atoms with E-state index in [1.54, 1.807) is 0 Å². The molecule has 2 heterocycles. The van der Waals surface area contributed by atoms with Crippen LogP contribution < -0.4 is 5.73 Å². The molecule has 0 radical (unpaired) electrons. The molecule has 3 nitrogen and oxygen atoms in total. The number of carbonyl (C=O) groups excluding carboxylic acids is 1. The lowest BCUT2D eigenvalue weighted by atomic mass is 9.91. The van der Waals surface area contributed by atoms with Gasteiger partial charge in [0.15, 0.2) is 0 Å². The highest BCUT2D eigenvalue weighted by atomic mass is 79.9. The van der Waals surface area contributed by atoms with Crippen molar-refractivity contribution in [1.82, 2.24) is 4.90 Å². The van der Waals surface area contributed by atoms with Gasteiger partial charge in [-0.05, 0) is 63.6 Å². The van der Waals surface area contributed by atoms with Crippen LogP contribution in [0.4, 0.5) is 0 Å². The maximum atomic E-state index is 12.4. The molecule has 2 N–H and O–H groups in total. The van der Waals surface area contributed by atoms with Crippen LogP contribution >= 0.6 is 43.2 Å². The summed E-state index contributed by atoms with van der Waals surface area (Å²) in [5.41, 5.74) is 6.67. The van der Waals surface area contributed by atoms with Crippen molar-refractivity contribution in [3.05, 3.63) is 19.2 Å². The molecule has 0 aromatic carbocycles. The molecule has 1 unspecified atom stereocenters. The first kappa shape index (κ1) is 14.5. The quantitative estimate of drug-likeness (QED) is 0.833. The van der Waals surface area contributed by atoms with E-state index >= 15 is 0 Å². The maximum Gasteiger partial charge on any atom is 0.255 e. The molecule has 1 aliphatic heterocycles. The van der Waals surface area contributed by atoms with E-state index in [-0.39, 0.29) is 11.9 Å². The lowest BCUT2D eigenvalue weighted by molar-refractivity contribution is 0.0680. The number of likely N-dealkylation sites (tertiary alicyclic amines) is 1. The summed E-state index contributed by atoms with van der Waals surface area (Å²) in [4.78, 5) is 14.3. The molecule has 1 aliphatic rings. The number of amides is 1. The zero-order chi connectivity index (χ0) is 13.3. The van der Waals surface area contributed by atoms with Gasteiger partial charge in [-0.1, -0.05) is 0 Å². The zero-order valence-electron chi connectivity index (χ0n) is 10.2. The van der Waals surface area contributed by atoms with Crippen LogP contribution in [0, 0.1) is 5.92 Å². The molecule has 18 heavy (non-hydrogen) atoms. The predicted molar refractivity (Wildman–Crippen MR) is 82.0 cm³/mol. The van der Waals surface area contributed by atoms with E-state index in [4.69, 9.17) is 5.73 Å². The van der Waals surface area contributed by atoms with E-state index in [1.807, 2.05) is 11.0 Å². The van der Waals surface area contributed by atoms with Crippen molar-refractivity contribution in [1.29, 1.82) is 0 Å². The Labute approximate surface area is 128 Å². The van der Waals surface area contributed by atoms with Gasteiger partial charge in [-0.3, -0.25) is 4.79 Å². The number of halogens is 2. The van der Waals surface area contributed by atoms with Crippen LogP contribution in [0.2, 0.25) is 0 Å². The van der Waals surface area contributed by atoms with Crippen LogP contribution in [-0.4, -0.2) is 29.9 Å². The van der Waals surface area contributed by atoms with E-state index in [1.165, 1.54) is 11.3 Å². The van der Waals surface area contributed by atoms with Crippen molar-refractivity contribution < 1.29 is 4.79 Å². The van der Waals surface area contributed by atoms with E-state index in [2.05, 4.69) is 38.8 Å². The summed E-state index contributed by atoms with van der Waals surface area (Å²) >= 11 is 8.38. The molecular formula is C12H16Br2N2OS. The Morgan fingerprint density at radius 2 is 2.11 bits per heavy atom. The van der Waals surface area contributed by atoms with Gasteiger partial charge in [-0.15, -0.1) is 11.3 Å². The number of hydrogen-bond donors (Lipinski definition) is 1. The van der Waals surface area contributed by atoms with Gasteiger partial charge in [0.2, 0.25) is 0 Å². The molecule has 0 spiro atoms. The minimum Gasteiger partial charge on any atom is -0.339 e. The van der Waals surface area contributed by atoms with E-state index < -0.39 is 0 Å². The largest absolute Gasteiger partial charge is 0.339 e. The van der Waals surface area contributed by atoms with E-state index in [0.29, 0.717) is 5.92 Å². The Balaban J connectivity index is 2.02. The fraction of sp³-hybridized carbons (Fsp3) is 0.583. The summed E-state index contributed by atoms with van der Waals surface area (Å²) in [7, 11) is 0. The second-order valence-electron chi connectivity index (χ2n) is 4.73. The molecule has 0 saturated carbocycles. The average molecular weight is 396 g/mol. The van der Waals surface area contributed by atoms with Crippen LogP contribution in [0.1, 0.15) is 30.1 Å².